The second kappa shape index (κ2) is 11.0. The van der Waals surface area contributed by atoms with Crippen LogP contribution in [-0.2, 0) is 11.3 Å². The molecule has 2 aliphatic heterocycles. The van der Waals surface area contributed by atoms with Crippen LogP contribution < -0.4 is 14.4 Å². The average Bonchev–Trinajstić information content (AvgIpc) is 3.34. The molecule has 2 fully saturated rings. The fraction of sp³-hybridized carbons (Fsp3) is 0.542. The lowest BCUT2D eigenvalue weighted by Crippen LogP contribution is -2.51. The summed E-state index contributed by atoms with van der Waals surface area (Å²) in [6.45, 7) is 6.76. The van der Waals surface area contributed by atoms with Gasteiger partial charge in [-0.05, 0) is 6.07 Å². The van der Waals surface area contributed by atoms with Crippen LogP contribution in [0.5, 0.6) is 11.9 Å². The molecular formula is C24H32N8O4S. The van der Waals surface area contributed by atoms with Gasteiger partial charge in [-0.15, -0.1) is 11.3 Å². The molecule has 0 atom stereocenters. The van der Waals surface area contributed by atoms with E-state index >= 15 is 0 Å². The molecule has 13 heteroatoms. The summed E-state index contributed by atoms with van der Waals surface area (Å²) in [5.41, 5.74) is 1.49. The minimum atomic E-state index is 0.0670. The minimum absolute atomic E-state index is 0.0670. The summed E-state index contributed by atoms with van der Waals surface area (Å²) in [4.78, 5) is 40.1. The number of carbonyl (C=O) groups is 1. The predicted molar refractivity (Wildman–Crippen MR) is 141 cm³/mol. The molecule has 2 saturated heterocycles. The molecule has 5 heterocycles. The number of rotatable bonds is 6. The van der Waals surface area contributed by atoms with Crippen molar-refractivity contribution in [2.75, 3.05) is 85.7 Å². The zero-order chi connectivity index (χ0) is 25.9. The Bertz CT molecular complexity index is 1260. The Morgan fingerprint density at radius 2 is 1.81 bits per heavy atom. The van der Waals surface area contributed by atoms with Crippen LogP contribution in [0.2, 0.25) is 0 Å². The SMILES string of the molecule is COc1ncc(-c2nc(N3CCOCC3)c3sc(CN4CCN(C(=O)N(C)C)CC4)cc3n2)c(OC)n1. The predicted octanol–water partition coefficient (Wildman–Crippen LogP) is 1.80. The van der Waals surface area contributed by atoms with Crippen LogP contribution in [0.1, 0.15) is 4.88 Å². The van der Waals surface area contributed by atoms with Gasteiger partial charge in [0.1, 0.15) is 5.56 Å². The number of morpholine rings is 1. The van der Waals surface area contributed by atoms with Crippen LogP contribution in [0.25, 0.3) is 21.6 Å². The van der Waals surface area contributed by atoms with E-state index in [1.54, 1.807) is 43.6 Å². The second-order valence-electron chi connectivity index (χ2n) is 9.12. The zero-order valence-corrected chi connectivity index (χ0v) is 22.5. The topological polar surface area (TPSA) is 109 Å². The van der Waals surface area contributed by atoms with Crippen molar-refractivity contribution in [2.45, 2.75) is 6.54 Å². The molecule has 3 aromatic heterocycles. The molecule has 0 aliphatic carbocycles. The van der Waals surface area contributed by atoms with Gasteiger partial charge in [-0.2, -0.15) is 4.98 Å². The number of hydrogen-bond acceptors (Lipinski definition) is 11. The Labute approximate surface area is 219 Å². The molecule has 0 saturated carbocycles. The van der Waals surface area contributed by atoms with Crippen molar-refractivity contribution >= 4 is 33.4 Å². The van der Waals surface area contributed by atoms with E-state index in [2.05, 4.69) is 25.8 Å². The van der Waals surface area contributed by atoms with Gasteiger partial charge in [0.25, 0.3) is 0 Å². The highest BCUT2D eigenvalue weighted by molar-refractivity contribution is 7.19. The molecule has 0 N–H and O–H groups in total. The zero-order valence-electron chi connectivity index (χ0n) is 21.6. The summed E-state index contributed by atoms with van der Waals surface area (Å²) in [5.74, 6) is 1.76. The van der Waals surface area contributed by atoms with E-state index in [0.717, 1.165) is 61.8 Å². The second-order valence-corrected chi connectivity index (χ2v) is 10.3. The van der Waals surface area contributed by atoms with Gasteiger partial charge in [0.2, 0.25) is 5.88 Å². The van der Waals surface area contributed by atoms with E-state index in [9.17, 15) is 4.79 Å². The first kappa shape index (κ1) is 25.4. The van der Waals surface area contributed by atoms with Gasteiger partial charge in [0, 0.05) is 71.0 Å². The Balaban J connectivity index is 1.45. The Morgan fingerprint density at radius 3 is 2.49 bits per heavy atom. The van der Waals surface area contributed by atoms with Crippen LogP contribution in [0.15, 0.2) is 12.3 Å². The number of piperazine rings is 1. The molecule has 37 heavy (non-hydrogen) atoms. The van der Waals surface area contributed by atoms with Gasteiger partial charge in [0.05, 0.1) is 37.6 Å². The number of aromatic nitrogens is 4. The van der Waals surface area contributed by atoms with Crippen molar-refractivity contribution in [1.29, 1.82) is 0 Å². The molecule has 198 valence electrons. The van der Waals surface area contributed by atoms with E-state index in [1.807, 2.05) is 4.90 Å². The minimum Gasteiger partial charge on any atom is -0.480 e. The maximum absolute atomic E-state index is 12.3. The Kier molecular flexibility index (Phi) is 7.53. The van der Waals surface area contributed by atoms with Crippen LogP contribution in [0, 0.1) is 0 Å². The highest BCUT2D eigenvalue weighted by atomic mass is 32.1. The molecule has 2 amide bonds. The van der Waals surface area contributed by atoms with E-state index in [4.69, 9.17) is 24.2 Å². The highest BCUT2D eigenvalue weighted by Gasteiger charge is 2.25. The van der Waals surface area contributed by atoms with Gasteiger partial charge in [-0.1, -0.05) is 0 Å². The number of thiophene rings is 1. The van der Waals surface area contributed by atoms with E-state index in [0.29, 0.717) is 30.5 Å². The molecule has 0 aromatic carbocycles. The summed E-state index contributed by atoms with van der Waals surface area (Å²) in [7, 11) is 6.66. The van der Waals surface area contributed by atoms with Gasteiger partial charge in [-0.25, -0.2) is 19.7 Å². The molecule has 12 nitrogen and oxygen atoms in total. The van der Waals surface area contributed by atoms with E-state index < -0.39 is 0 Å². The molecular weight excluding hydrogens is 496 g/mol. The van der Waals surface area contributed by atoms with Crippen molar-refractivity contribution < 1.29 is 19.0 Å². The fourth-order valence-electron chi connectivity index (χ4n) is 4.51. The molecule has 0 radical (unpaired) electrons. The lowest BCUT2D eigenvalue weighted by Gasteiger charge is -2.35. The Morgan fingerprint density at radius 1 is 1.05 bits per heavy atom. The van der Waals surface area contributed by atoms with Crippen LogP contribution in [-0.4, -0.2) is 121 Å². The van der Waals surface area contributed by atoms with Crippen molar-refractivity contribution in [2.24, 2.45) is 0 Å². The molecule has 0 bridgehead atoms. The summed E-state index contributed by atoms with van der Waals surface area (Å²) < 4.78 is 17.3. The highest BCUT2D eigenvalue weighted by Crippen LogP contribution is 2.36. The number of carbonyl (C=O) groups excluding carboxylic acids is 1. The third kappa shape index (κ3) is 5.38. The number of urea groups is 1. The third-order valence-corrected chi connectivity index (χ3v) is 7.57. The standard InChI is InChI=1S/C24H32N8O4S/c1-29(2)24(33)32-7-5-30(6-8-32)15-16-13-18-19(37-16)21(31-9-11-36-12-10-31)27-20(26-18)17-14-25-23(35-4)28-22(17)34-3/h13-14H,5-12,15H2,1-4H3. The van der Waals surface area contributed by atoms with Crippen LogP contribution in [0.3, 0.4) is 0 Å². The van der Waals surface area contributed by atoms with Gasteiger partial charge < -0.3 is 28.9 Å². The number of fused-ring (bicyclic) bond motifs is 1. The van der Waals surface area contributed by atoms with Gasteiger partial charge >= 0.3 is 12.0 Å². The van der Waals surface area contributed by atoms with E-state index in [-0.39, 0.29) is 12.0 Å². The maximum Gasteiger partial charge on any atom is 0.319 e. The molecule has 2 aliphatic rings. The number of anilines is 1. The number of ether oxygens (including phenoxy) is 3. The van der Waals surface area contributed by atoms with Crippen molar-refractivity contribution in [3.8, 4) is 23.3 Å². The maximum atomic E-state index is 12.3. The quantitative estimate of drug-likeness (QED) is 0.470. The number of methoxy groups -OCH3 is 2. The summed E-state index contributed by atoms with van der Waals surface area (Å²) in [5, 5.41) is 0. The lowest BCUT2D eigenvalue weighted by molar-refractivity contribution is 0.120. The first-order chi connectivity index (χ1) is 18.0. The summed E-state index contributed by atoms with van der Waals surface area (Å²) in [6.07, 6.45) is 1.64. The van der Waals surface area contributed by atoms with Crippen molar-refractivity contribution in [3.05, 3.63) is 17.1 Å². The number of amides is 2. The summed E-state index contributed by atoms with van der Waals surface area (Å²) >= 11 is 1.72. The van der Waals surface area contributed by atoms with Crippen molar-refractivity contribution in [3.63, 3.8) is 0 Å². The van der Waals surface area contributed by atoms with Gasteiger partial charge in [0.15, 0.2) is 11.6 Å². The first-order valence-corrected chi connectivity index (χ1v) is 13.1. The third-order valence-electron chi connectivity index (χ3n) is 6.47. The summed E-state index contributed by atoms with van der Waals surface area (Å²) in [6, 6.07) is 2.43. The lowest BCUT2D eigenvalue weighted by atomic mass is 10.2. The van der Waals surface area contributed by atoms with Crippen LogP contribution >= 0.6 is 11.3 Å². The Hall–Kier alpha value is -3.29. The molecule has 0 unspecified atom stereocenters. The van der Waals surface area contributed by atoms with E-state index in [1.165, 1.54) is 12.0 Å². The number of nitrogens with zero attached hydrogens (tertiary/aromatic N) is 8. The number of hydrogen-bond donors (Lipinski definition) is 0. The molecule has 5 rings (SSSR count). The normalized spacial score (nSPS) is 16.8. The van der Waals surface area contributed by atoms with Gasteiger partial charge in [-0.3, -0.25) is 4.90 Å². The molecule has 0 spiro atoms. The monoisotopic (exact) mass is 528 g/mol. The van der Waals surface area contributed by atoms with Crippen LogP contribution in [0.4, 0.5) is 10.6 Å². The smallest absolute Gasteiger partial charge is 0.319 e. The average molecular weight is 529 g/mol. The largest absolute Gasteiger partial charge is 0.480 e. The van der Waals surface area contributed by atoms with Crippen molar-refractivity contribution in [1.82, 2.24) is 34.6 Å². The first-order valence-electron chi connectivity index (χ1n) is 12.2. The fourth-order valence-corrected chi connectivity index (χ4v) is 5.67. The molecule has 3 aromatic rings.